The van der Waals surface area contributed by atoms with Gasteiger partial charge in [-0.25, -0.2) is 4.79 Å². The van der Waals surface area contributed by atoms with Gasteiger partial charge in [-0.2, -0.15) is 0 Å². The number of hydrogen-bond donors (Lipinski definition) is 3. The fourth-order valence-electron chi connectivity index (χ4n) is 2.87. The van der Waals surface area contributed by atoms with E-state index in [1.54, 1.807) is 34.6 Å². The predicted molar refractivity (Wildman–Crippen MR) is 117 cm³/mol. The number of aromatic hydroxyl groups is 1. The summed E-state index contributed by atoms with van der Waals surface area (Å²) < 4.78 is 9.75. The van der Waals surface area contributed by atoms with Crippen LogP contribution in [0.3, 0.4) is 0 Å². The maximum absolute atomic E-state index is 13.3. The first kappa shape index (κ1) is 26.7. The van der Waals surface area contributed by atoms with Crippen molar-refractivity contribution in [1.29, 1.82) is 0 Å². The molecule has 10 nitrogen and oxygen atoms in total. The highest BCUT2D eigenvalue weighted by Crippen LogP contribution is 2.26. The average Bonchev–Trinajstić information content (AvgIpc) is 2.68. The lowest BCUT2D eigenvalue weighted by atomic mass is 10.0. The number of ether oxygens (including phenoxy) is 2. The van der Waals surface area contributed by atoms with E-state index in [9.17, 15) is 24.3 Å². The van der Waals surface area contributed by atoms with Crippen LogP contribution in [0, 0.1) is 0 Å². The van der Waals surface area contributed by atoms with E-state index in [1.165, 1.54) is 43.2 Å². The Bertz CT molecular complexity index is 816. The molecule has 0 spiro atoms. The molecule has 0 radical (unpaired) electrons. The fraction of sp³-hybridized carbons (Fsp3) is 0.545. The third-order valence-electron chi connectivity index (χ3n) is 4.28. The molecule has 3 N–H and O–H groups in total. The van der Waals surface area contributed by atoms with Crippen molar-refractivity contribution in [3.8, 4) is 5.75 Å². The van der Waals surface area contributed by atoms with Crippen LogP contribution in [-0.4, -0.2) is 65.2 Å². The number of carbonyl (C=O) groups is 4. The van der Waals surface area contributed by atoms with Crippen molar-refractivity contribution in [3.63, 3.8) is 0 Å². The van der Waals surface area contributed by atoms with Gasteiger partial charge in [-0.05, 0) is 59.2 Å². The van der Waals surface area contributed by atoms with E-state index < -0.39 is 47.6 Å². The summed E-state index contributed by atoms with van der Waals surface area (Å²) in [6.07, 6.45) is -0.765. The van der Waals surface area contributed by atoms with Crippen LogP contribution in [0.4, 0.5) is 4.79 Å². The Morgan fingerprint density at radius 3 is 2.09 bits per heavy atom. The van der Waals surface area contributed by atoms with Crippen LogP contribution in [0.2, 0.25) is 0 Å². The molecular formula is C22H33N3O7. The number of methoxy groups -OCH3 is 1. The first-order valence-corrected chi connectivity index (χ1v) is 10.2. The summed E-state index contributed by atoms with van der Waals surface area (Å²) in [5.74, 6) is -1.81. The van der Waals surface area contributed by atoms with E-state index in [1.807, 2.05) is 0 Å². The summed E-state index contributed by atoms with van der Waals surface area (Å²) in [4.78, 5) is 51.3. The lowest BCUT2D eigenvalue weighted by molar-refractivity contribution is -0.146. The highest BCUT2D eigenvalue weighted by atomic mass is 16.6. The molecule has 0 aromatic heterocycles. The van der Waals surface area contributed by atoms with Gasteiger partial charge in [0.25, 0.3) is 0 Å². The monoisotopic (exact) mass is 451 g/mol. The van der Waals surface area contributed by atoms with Gasteiger partial charge < -0.3 is 30.1 Å². The second kappa shape index (κ2) is 11.4. The molecule has 2 unspecified atom stereocenters. The number of alkyl carbamates (subject to hydrolysis) is 1. The maximum atomic E-state index is 13.3. The molecule has 1 aromatic rings. The summed E-state index contributed by atoms with van der Waals surface area (Å²) in [7, 11) is 1.19. The Kier molecular flexibility index (Phi) is 9.49. The Morgan fingerprint density at radius 1 is 1.06 bits per heavy atom. The predicted octanol–water partition coefficient (Wildman–Crippen LogP) is 1.87. The summed E-state index contributed by atoms with van der Waals surface area (Å²) in [6, 6.07) is 3.21. The van der Waals surface area contributed by atoms with Crippen molar-refractivity contribution in [2.45, 2.75) is 65.3 Å². The minimum atomic E-state index is -1.13. The molecule has 2 atom stereocenters. The van der Waals surface area contributed by atoms with E-state index in [0.717, 1.165) is 0 Å². The number of nitrogens with zero attached hydrogens (tertiary/aromatic N) is 1. The standard InChI is InChI=1S/C22H33N3O7/c1-13(2)25(20(29)14(3)24-21(30)32-22(4,5)6)18(15-8-10-16(26)11-9-15)19(28)23-12-17(27)31-7/h8-11,13-14,18,26H,12H2,1-7H3,(H,23,28)(H,24,30). The minimum Gasteiger partial charge on any atom is -0.508 e. The summed E-state index contributed by atoms with van der Waals surface area (Å²) in [5.41, 5.74) is -0.330. The summed E-state index contributed by atoms with van der Waals surface area (Å²) in [5, 5.41) is 14.6. The third kappa shape index (κ3) is 8.09. The molecule has 3 amide bonds. The van der Waals surface area contributed by atoms with Crippen molar-refractivity contribution >= 4 is 23.9 Å². The molecule has 0 aliphatic rings. The first-order chi connectivity index (χ1) is 14.8. The average molecular weight is 452 g/mol. The Hall–Kier alpha value is -3.30. The van der Waals surface area contributed by atoms with E-state index in [2.05, 4.69) is 15.4 Å². The molecule has 0 aliphatic carbocycles. The molecule has 178 valence electrons. The number of amides is 3. The number of phenols is 1. The van der Waals surface area contributed by atoms with Gasteiger partial charge in [-0.15, -0.1) is 0 Å². The lowest BCUT2D eigenvalue weighted by Gasteiger charge is -2.36. The largest absolute Gasteiger partial charge is 0.508 e. The number of nitrogens with one attached hydrogen (secondary N) is 2. The van der Waals surface area contributed by atoms with Gasteiger partial charge in [0.05, 0.1) is 7.11 Å². The van der Waals surface area contributed by atoms with Crippen molar-refractivity contribution in [3.05, 3.63) is 29.8 Å². The number of rotatable bonds is 8. The molecule has 1 rings (SSSR count). The molecule has 32 heavy (non-hydrogen) atoms. The van der Waals surface area contributed by atoms with Gasteiger partial charge in [-0.1, -0.05) is 12.1 Å². The molecule has 0 bridgehead atoms. The normalized spacial score (nSPS) is 13.0. The zero-order valence-corrected chi connectivity index (χ0v) is 19.6. The smallest absolute Gasteiger partial charge is 0.408 e. The molecule has 0 saturated heterocycles. The lowest BCUT2D eigenvalue weighted by Crippen LogP contribution is -2.54. The first-order valence-electron chi connectivity index (χ1n) is 10.2. The Morgan fingerprint density at radius 2 is 1.62 bits per heavy atom. The second-order valence-electron chi connectivity index (χ2n) is 8.50. The number of benzene rings is 1. The highest BCUT2D eigenvalue weighted by molar-refractivity contribution is 5.93. The van der Waals surface area contributed by atoms with Crippen LogP contribution >= 0.6 is 0 Å². The molecule has 0 heterocycles. The topological polar surface area (TPSA) is 134 Å². The molecule has 10 heteroatoms. The van der Waals surface area contributed by atoms with E-state index in [4.69, 9.17) is 4.74 Å². The third-order valence-corrected chi connectivity index (χ3v) is 4.28. The Balaban J connectivity index is 3.23. The van der Waals surface area contributed by atoms with Gasteiger partial charge in [0.15, 0.2) is 0 Å². The zero-order valence-electron chi connectivity index (χ0n) is 19.6. The Labute approximate surface area is 188 Å². The van der Waals surface area contributed by atoms with Crippen LogP contribution in [0.1, 0.15) is 53.1 Å². The quantitative estimate of drug-likeness (QED) is 0.514. The van der Waals surface area contributed by atoms with Crippen LogP contribution in [-0.2, 0) is 23.9 Å². The van der Waals surface area contributed by atoms with Crippen molar-refractivity contribution in [2.75, 3.05) is 13.7 Å². The van der Waals surface area contributed by atoms with Crippen LogP contribution in [0.15, 0.2) is 24.3 Å². The SMILES string of the molecule is COC(=O)CNC(=O)C(c1ccc(O)cc1)N(C(=O)C(C)NC(=O)OC(C)(C)C)C(C)C. The van der Waals surface area contributed by atoms with Crippen LogP contribution < -0.4 is 10.6 Å². The molecule has 0 fully saturated rings. The maximum Gasteiger partial charge on any atom is 0.408 e. The van der Waals surface area contributed by atoms with Crippen LogP contribution in [0.5, 0.6) is 5.75 Å². The molecule has 0 saturated carbocycles. The molecular weight excluding hydrogens is 418 g/mol. The van der Waals surface area contributed by atoms with E-state index >= 15 is 0 Å². The van der Waals surface area contributed by atoms with Crippen molar-refractivity contribution < 1.29 is 33.8 Å². The van der Waals surface area contributed by atoms with Gasteiger partial charge in [0, 0.05) is 6.04 Å². The van der Waals surface area contributed by atoms with Gasteiger partial charge >= 0.3 is 12.1 Å². The minimum absolute atomic E-state index is 0.00940. The number of phenolic OH excluding ortho intramolecular Hbond substituents is 1. The van der Waals surface area contributed by atoms with Gasteiger partial charge in [0.2, 0.25) is 11.8 Å². The van der Waals surface area contributed by atoms with Gasteiger partial charge in [0.1, 0.15) is 30.0 Å². The number of carbonyl (C=O) groups excluding carboxylic acids is 4. The number of esters is 1. The highest BCUT2D eigenvalue weighted by Gasteiger charge is 2.36. The molecule has 1 aromatic carbocycles. The zero-order chi connectivity index (χ0) is 24.6. The van der Waals surface area contributed by atoms with E-state index in [0.29, 0.717) is 5.56 Å². The van der Waals surface area contributed by atoms with E-state index in [-0.39, 0.29) is 12.3 Å². The fourth-order valence-corrected chi connectivity index (χ4v) is 2.87. The molecule has 0 aliphatic heterocycles. The van der Waals surface area contributed by atoms with Crippen LogP contribution in [0.25, 0.3) is 0 Å². The second-order valence-corrected chi connectivity index (χ2v) is 8.50. The van der Waals surface area contributed by atoms with Gasteiger partial charge in [-0.3, -0.25) is 14.4 Å². The summed E-state index contributed by atoms with van der Waals surface area (Å²) >= 11 is 0. The summed E-state index contributed by atoms with van der Waals surface area (Å²) in [6.45, 7) is 9.65. The number of hydrogen-bond acceptors (Lipinski definition) is 7. The van der Waals surface area contributed by atoms with Crippen molar-refractivity contribution in [2.24, 2.45) is 0 Å². The van der Waals surface area contributed by atoms with Crippen molar-refractivity contribution in [1.82, 2.24) is 15.5 Å².